The number of hydrogen-bond acceptors (Lipinski definition) is 4. The number of fused-ring (bicyclic) bond motifs is 1. The van der Waals surface area contributed by atoms with Gasteiger partial charge in [-0.2, -0.15) is 23.3 Å². The van der Waals surface area contributed by atoms with Crippen molar-refractivity contribution in [3.05, 3.63) is 77.2 Å². The van der Waals surface area contributed by atoms with E-state index in [1.807, 2.05) is 19.1 Å². The number of nitrogens with one attached hydrogen (secondary N) is 1. The van der Waals surface area contributed by atoms with Crippen molar-refractivity contribution in [1.29, 1.82) is 0 Å². The third-order valence-electron chi connectivity index (χ3n) is 5.16. The number of amides is 1. The van der Waals surface area contributed by atoms with E-state index in [1.165, 1.54) is 23.7 Å². The van der Waals surface area contributed by atoms with Crippen molar-refractivity contribution in [3.8, 4) is 11.6 Å². The Bertz CT molecular complexity index is 1330. The van der Waals surface area contributed by atoms with Gasteiger partial charge < -0.3 is 10.1 Å². The molecule has 0 atom stereocenters. The molecule has 6 nitrogen and oxygen atoms in total. The summed E-state index contributed by atoms with van der Waals surface area (Å²) in [5.74, 6) is -1.48. The lowest BCUT2D eigenvalue weighted by molar-refractivity contribution is -0.136. The Balaban J connectivity index is 1.67. The Morgan fingerprint density at radius 1 is 1.09 bits per heavy atom. The van der Waals surface area contributed by atoms with Gasteiger partial charge in [0.25, 0.3) is 5.91 Å². The van der Waals surface area contributed by atoms with Crippen LogP contribution in [0.25, 0.3) is 16.7 Å². The van der Waals surface area contributed by atoms with E-state index in [4.69, 9.17) is 4.74 Å². The van der Waals surface area contributed by atoms with Gasteiger partial charge in [-0.15, -0.1) is 0 Å². The number of benzene rings is 2. The topological polar surface area (TPSA) is 69.0 Å². The fourth-order valence-electron chi connectivity index (χ4n) is 3.49. The molecule has 34 heavy (non-hydrogen) atoms. The molecule has 0 radical (unpaired) electrons. The molecule has 10 heteroatoms. The number of aromatic nitrogens is 3. The van der Waals surface area contributed by atoms with Crippen molar-refractivity contribution in [2.24, 2.45) is 0 Å². The maximum atomic E-state index is 13.9. The van der Waals surface area contributed by atoms with E-state index in [-0.39, 0.29) is 22.6 Å². The second-order valence-electron chi connectivity index (χ2n) is 7.57. The van der Waals surface area contributed by atoms with Gasteiger partial charge in [0.1, 0.15) is 5.82 Å². The van der Waals surface area contributed by atoms with Crippen molar-refractivity contribution in [1.82, 2.24) is 14.8 Å². The maximum Gasteiger partial charge on any atom is 0.417 e. The number of nitrogens with zero attached hydrogens (tertiary/aromatic N) is 3. The van der Waals surface area contributed by atoms with Gasteiger partial charge in [0.05, 0.1) is 22.3 Å². The van der Waals surface area contributed by atoms with Gasteiger partial charge in [-0.25, -0.2) is 9.07 Å². The molecule has 0 aliphatic carbocycles. The number of rotatable bonds is 6. The number of pyridine rings is 1. The molecule has 0 fully saturated rings. The first-order valence-corrected chi connectivity index (χ1v) is 10.4. The number of carbonyl (C=O) groups excluding carboxylic acids is 1. The molecule has 0 bridgehead atoms. The zero-order chi connectivity index (χ0) is 24.5. The number of ether oxygens (including phenoxy) is 1. The second-order valence-corrected chi connectivity index (χ2v) is 7.57. The lowest BCUT2D eigenvalue weighted by atomic mass is 10.1. The summed E-state index contributed by atoms with van der Waals surface area (Å²) in [6.07, 6.45) is -3.88. The molecule has 1 N–H and O–H groups in total. The zero-order valence-corrected chi connectivity index (χ0v) is 18.3. The monoisotopic (exact) mass is 472 g/mol. The predicted octanol–water partition coefficient (Wildman–Crippen LogP) is 5.47. The van der Waals surface area contributed by atoms with E-state index < -0.39 is 30.1 Å². The Morgan fingerprint density at radius 2 is 1.76 bits per heavy atom. The van der Waals surface area contributed by atoms with Crippen LogP contribution in [0.4, 0.5) is 23.2 Å². The third kappa shape index (κ3) is 4.85. The first-order chi connectivity index (χ1) is 16.2. The molecule has 176 valence electrons. The van der Waals surface area contributed by atoms with E-state index >= 15 is 0 Å². The minimum atomic E-state index is -4.69. The van der Waals surface area contributed by atoms with Crippen molar-refractivity contribution >= 4 is 22.6 Å². The average molecular weight is 472 g/mol. The summed E-state index contributed by atoms with van der Waals surface area (Å²) in [5.41, 5.74) is 1.10. The van der Waals surface area contributed by atoms with E-state index in [0.717, 1.165) is 30.2 Å². The van der Waals surface area contributed by atoms with Gasteiger partial charge in [0, 0.05) is 11.8 Å². The van der Waals surface area contributed by atoms with Crippen LogP contribution in [-0.4, -0.2) is 27.3 Å². The summed E-state index contributed by atoms with van der Waals surface area (Å²) in [4.78, 5) is 16.4. The third-order valence-corrected chi connectivity index (χ3v) is 5.16. The van der Waals surface area contributed by atoms with Crippen LogP contribution in [0.15, 0.2) is 54.6 Å². The van der Waals surface area contributed by atoms with Gasteiger partial charge in [0.15, 0.2) is 12.3 Å². The lowest BCUT2D eigenvalue weighted by Gasteiger charge is -2.12. The van der Waals surface area contributed by atoms with Crippen LogP contribution in [0.2, 0.25) is 0 Å². The summed E-state index contributed by atoms with van der Waals surface area (Å²) >= 11 is 0. The van der Waals surface area contributed by atoms with Crippen molar-refractivity contribution in [2.75, 3.05) is 11.9 Å². The first kappa shape index (κ1) is 23.2. The van der Waals surface area contributed by atoms with Crippen LogP contribution in [0.5, 0.6) is 5.88 Å². The summed E-state index contributed by atoms with van der Waals surface area (Å²) < 4.78 is 61.3. The summed E-state index contributed by atoms with van der Waals surface area (Å²) in [7, 11) is 0. The molecule has 0 aliphatic rings. The molecular formula is C24H20F4N4O2. The van der Waals surface area contributed by atoms with E-state index in [0.29, 0.717) is 11.4 Å². The molecule has 0 unspecified atom stereocenters. The fraction of sp³-hybridized carbons (Fsp3) is 0.208. The quantitative estimate of drug-likeness (QED) is 0.378. The smallest absolute Gasteiger partial charge is 0.417 e. The largest absolute Gasteiger partial charge is 0.467 e. The van der Waals surface area contributed by atoms with Crippen LogP contribution in [-0.2, 0) is 17.4 Å². The Labute approximate surface area is 192 Å². The maximum absolute atomic E-state index is 13.9. The summed E-state index contributed by atoms with van der Waals surface area (Å²) in [6, 6.07) is 13.0. The number of alkyl halides is 3. The Morgan fingerprint density at radius 3 is 2.38 bits per heavy atom. The van der Waals surface area contributed by atoms with Crippen molar-refractivity contribution in [3.63, 3.8) is 0 Å². The highest BCUT2D eigenvalue weighted by Crippen LogP contribution is 2.38. The zero-order valence-electron chi connectivity index (χ0n) is 18.3. The fourth-order valence-corrected chi connectivity index (χ4v) is 3.49. The number of halogens is 4. The normalized spacial score (nSPS) is 11.6. The highest BCUT2D eigenvalue weighted by Gasteiger charge is 2.36. The summed E-state index contributed by atoms with van der Waals surface area (Å²) in [5, 5.41) is 6.61. The van der Waals surface area contributed by atoms with Crippen LogP contribution >= 0.6 is 0 Å². The van der Waals surface area contributed by atoms with Gasteiger partial charge >= 0.3 is 6.18 Å². The van der Waals surface area contributed by atoms with Crippen molar-refractivity contribution < 1.29 is 27.1 Å². The molecule has 2 aromatic heterocycles. The van der Waals surface area contributed by atoms with Crippen LogP contribution in [0.3, 0.4) is 0 Å². The number of aryl methyl sites for hydroxylation is 2. The van der Waals surface area contributed by atoms with Crippen LogP contribution < -0.4 is 10.1 Å². The van der Waals surface area contributed by atoms with E-state index in [2.05, 4.69) is 15.4 Å². The van der Waals surface area contributed by atoms with Gasteiger partial charge in [-0.1, -0.05) is 19.1 Å². The SMILES string of the molecule is CCc1ccc(-n2nc(C)c3c(C(F)(F)F)cc(OCC(=O)Nc4ccc(F)cc4)nc32)cc1. The van der Waals surface area contributed by atoms with E-state index in [9.17, 15) is 22.4 Å². The Kier molecular flexibility index (Phi) is 6.23. The molecule has 4 aromatic rings. The molecule has 2 aromatic carbocycles. The van der Waals surface area contributed by atoms with Gasteiger partial charge in [-0.05, 0) is 55.3 Å². The average Bonchev–Trinajstić information content (AvgIpc) is 3.14. The number of hydrogen-bond donors (Lipinski definition) is 1. The second kappa shape index (κ2) is 9.12. The van der Waals surface area contributed by atoms with Gasteiger partial charge in [0.2, 0.25) is 5.88 Å². The molecule has 0 saturated carbocycles. The number of anilines is 1. The molecule has 1 amide bonds. The highest BCUT2D eigenvalue weighted by atomic mass is 19.4. The molecule has 0 saturated heterocycles. The minimum absolute atomic E-state index is 0.0366. The van der Waals surface area contributed by atoms with Crippen LogP contribution in [0, 0.1) is 12.7 Å². The first-order valence-electron chi connectivity index (χ1n) is 10.4. The standard InChI is InChI=1S/C24H20F4N4O2/c1-3-15-4-10-18(11-5-15)32-23-22(14(2)31-32)19(24(26,27)28)12-21(30-23)34-13-20(33)29-17-8-6-16(25)7-9-17/h4-12H,3,13H2,1-2H3,(H,29,33). The predicted molar refractivity (Wildman–Crippen MR) is 119 cm³/mol. The molecule has 2 heterocycles. The minimum Gasteiger partial charge on any atom is -0.467 e. The van der Waals surface area contributed by atoms with E-state index in [1.54, 1.807) is 12.1 Å². The highest BCUT2D eigenvalue weighted by molar-refractivity contribution is 5.92. The number of carbonyl (C=O) groups is 1. The van der Waals surface area contributed by atoms with Crippen LogP contribution in [0.1, 0.15) is 23.7 Å². The molecular weight excluding hydrogens is 452 g/mol. The molecule has 0 spiro atoms. The lowest BCUT2D eigenvalue weighted by Crippen LogP contribution is -2.20. The van der Waals surface area contributed by atoms with Gasteiger partial charge in [-0.3, -0.25) is 4.79 Å². The van der Waals surface area contributed by atoms with Crippen molar-refractivity contribution in [2.45, 2.75) is 26.4 Å². The molecule has 0 aliphatic heterocycles. The molecule has 4 rings (SSSR count). The summed E-state index contributed by atoms with van der Waals surface area (Å²) in [6.45, 7) is 2.88. The Hall–Kier alpha value is -3.95.